The van der Waals surface area contributed by atoms with E-state index in [-0.39, 0.29) is 6.03 Å². The Morgan fingerprint density at radius 3 is 2.37 bits per heavy atom. The summed E-state index contributed by atoms with van der Waals surface area (Å²) < 4.78 is 1.05. The number of nitrogens with zero attached hydrogens (tertiary/aromatic N) is 1. The van der Waals surface area contributed by atoms with Gasteiger partial charge in [0.15, 0.2) is 0 Å². The van der Waals surface area contributed by atoms with E-state index in [1.807, 2.05) is 35.2 Å². The molecule has 0 atom stereocenters. The predicted octanol–water partition coefficient (Wildman–Crippen LogP) is 4.01. The number of likely N-dealkylation sites (tertiary alicyclic amines) is 1. The van der Waals surface area contributed by atoms with Crippen LogP contribution in [0, 0.1) is 0 Å². The summed E-state index contributed by atoms with van der Waals surface area (Å²) in [6.07, 6.45) is 8.32. The summed E-state index contributed by atoms with van der Waals surface area (Å²) in [7, 11) is 0. The van der Waals surface area contributed by atoms with Gasteiger partial charge in [-0.2, -0.15) is 0 Å². The van der Waals surface area contributed by atoms with E-state index >= 15 is 0 Å². The number of rotatable bonds is 2. The molecule has 1 aliphatic rings. The fourth-order valence-electron chi connectivity index (χ4n) is 2.15. The Balaban J connectivity index is 1.83. The monoisotopic (exact) mass is 322 g/mol. The van der Waals surface area contributed by atoms with E-state index in [2.05, 4.69) is 21.2 Å². The third-order valence-corrected chi connectivity index (χ3v) is 3.77. The van der Waals surface area contributed by atoms with Crippen molar-refractivity contribution in [1.82, 2.24) is 10.2 Å². The smallest absolute Gasteiger partial charge is 0.321 e. The van der Waals surface area contributed by atoms with Gasteiger partial charge in [0.1, 0.15) is 0 Å². The molecule has 1 aromatic rings. The molecule has 3 nitrogen and oxygen atoms in total. The second kappa shape index (κ2) is 7.34. The lowest BCUT2D eigenvalue weighted by atomic mass is 10.2. The zero-order valence-corrected chi connectivity index (χ0v) is 12.5. The number of carbonyl (C=O) groups is 1. The molecule has 0 unspecified atom stereocenters. The summed E-state index contributed by atoms with van der Waals surface area (Å²) >= 11 is 3.40. The van der Waals surface area contributed by atoms with Gasteiger partial charge in [-0.3, -0.25) is 0 Å². The molecule has 1 fully saturated rings. The Labute approximate surface area is 122 Å². The van der Waals surface area contributed by atoms with Crippen LogP contribution in [0.15, 0.2) is 34.9 Å². The molecular formula is C15H19BrN2O. The molecule has 0 bridgehead atoms. The maximum Gasteiger partial charge on any atom is 0.321 e. The third-order valence-electron chi connectivity index (χ3n) is 3.25. The Morgan fingerprint density at radius 2 is 1.74 bits per heavy atom. The fourth-order valence-corrected chi connectivity index (χ4v) is 2.41. The number of hydrogen-bond acceptors (Lipinski definition) is 1. The number of hydrogen-bond donors (Lipinski definition) is 1. The average molecular weight is 323 g/mol. The molecule has 1 aromatic carbocycles. The van der Waals surface area contributed by atoms with Gasteiger partial charge in [-0.1, -0.05) is 40.9 Å². The Morgan fingerprint density at radius 1 is 1.11 bits per heavy atom. The van der Waals surface area contributed by atoms with Gasteiger partial charge in [-0.25, -0.2) is 4.79 Å². The highest BCUT2D eigenvalue weighted by atomic mass is 79.9. The molecule has 2 amide bonds. The predicted molar refractivity (Wildman–Crippen MR) is 81.7 cm³/mol. The number of carbonyl (C=O) groups excluding carboxylic acids is 1. The van der Waals surface area contributed by atoms with Crippen LogP contribution in [-0.4, -0.2) is 24.0 Å². The van der Waals surface area contributed by atoms with Gasteiger partial charge in [0.05, 0.1) is 0 Å². The van der Waals surface area contributed by atoms with E-state index in [1.54, 1.807) is 6.20 Å². The van der Waals surface area contributed by atoms with Crippen molar-refractivity contribution in [2.75, 3.05) is 13.1 Å². The molecule has 1 saturated heterocycles. The molecule has 0 radical (unpaired) electrons. The first-order valence-corrected chi connectivity index (χ1v) is 7.52. The third kappa shape index (κ3) is 4.71. The molecule has 4 heteroatoms. The van der Waals surface area contributed by atoms with Crippen LogP contribution < -0.4 is 5.32 Å². The molecule has 0 saturated carbocycles. The van der Waals surface area contributed by atoms with Crippen molar-refractivity contribution in [3.05, 3.63) is 40.5 Å². The molecule has 0 spiro atoms. The first-order chi connectivity index (χ1) is 9.25. The normalized spacial score (nSPS) is 16.4. The van der Waals surface area contributed by atoms with E-state index < -0.39 is 0 Å². The molecule has 0 aromatic heterocycles. The van der Waals surface area contributed by atoms with Crippen molar-refractivity contribution in [3.63, 3.8) is 0 Å². The van der Waals surface area contributed by atoms with Crippen LogP contribution >= 0.6 is 15.9 Å². The lowest BCUT2D eigenvalue weighted by Crippen LogP contribution is -2.38. The van der Waals surface area contributed by atoms with Crippen LogP contribution in [0.25, 0.3) is 6.08 Å². The largest absolute Gasteiger partial charge is 0.325 e. The second-order valence-electron chi connectivity index (χ2n) is 4.74. The second-order valence-corrected chi connectivity index (χ2v) is 5.65. The summed E-state index contributed by atoms with van der Waals surface area (Å²) in [5.41, 5.74) is 1.07. The van der Waals surface area contributed by atoms with E-state index in [4.69, 9.17) is 0 Å². The quantitative estimate of drug-likeness (QED) is 0.876. The number of benzene rings is 1. The van der Waals surface area contributed by atoms with Crippen molar-refractivity contribution >= 4 is 28.0 Å². The van der Waals surface area contributed by atoms with Gasteiger partial charge in [0, 0.05) is 23.8 Å². The molecular weight excluding hydrogens is 304 g/mol. The van der Waals surface area contributed by atoms with Crippen LogP contribution in [0.3, 0.4) is 0 Å². The fraction of sp³-hybridized carbons (Fsp3) is 0.400. The van der Waals surface area contributed by atoms with E-state index in [9.17, 15) is 4.79 Å². The number of amides is 2. The Hall–Kier alpha value is -1.29. The molecule has 102 valence electrons. The van der Waals surface area contributed by atoms with Crippen molar-refractivity contribution < 1.29 is 4.79 Å². The van der Waals surface area contributed by atoms with Crippen LogP contribution in [0.5, 0.6) is 0 Å². The van der Waals surface area contributed by atoms with Gasteiger partial charge in [0.2, 0.25) is 0 Å². The molecule has 0 aliphatic carbocycles. The summed E-state index contributed by atoms with van der Waals surface area (Å²) in [6.45, 7) is 1.75. The standard InChI is InChI=1S/C15H19BrN2O/c16-14-7-5-13(6-8-14)9-10-17-15(19)18-11-3-1-2-4-12-18/h5-10H,1-4,11-12H2,(H,17,19)/b10-9+. The maximum absolute atomic E-state index is 12.0. The highest BCUT2D eigenvalue weighted by molar-refractivity contribution is 9.10. The highest BCUT2D eigenvalue weighted by Crippen LogP contribution is 2.11. The minimum atomic E-state index is 0.00950. The number of urea groups is 1. The van der Waals surface area contributed by atoms with Crippen LogP contribution in [0.1, 0.15) is 31.2 Å². The first kappa shape index (κ1) is 14.1. The lowest BCUT2D eigenvalue weighted by molar-refractivity contribution is 0.203. The Kier molecular flexibility index (Phi) is 5.45. The van der Waals surface area contributed by atoms with Crippen LogP contribution in [-0.2, 0) is 0 Å². The van der Waals surface area contributed by atoms with Crippen molar-refractivity contribution in [2.45, 2.75) is 25.7 Å². The number of nitrogens with one attached hydrogen (secondary N) is 1. The zero-order valence-electron chi connectivity index (χ0n) is 10.9. The highest BCUT2D eigenvalue weighted by Gasteiger charge is 2.13. The molecule has 1 heterocycles. The molecule has 19 heavy (non-hydrogen) atoms. The number of halogens is 1. The van der Waals surface area contributed by atoms with Gasteiger partial charge in [-0.15, -0.1) is 0 Å². The summed E-state index contributed by atoms with van der Waals surface area (Å²) in [6, 6.07) is 7.97. The summed E-state index contributed by atoms with van der Waals surface area (Å²) in [5, 5.41) is 2.84. The first-order valence-electron chi connectivity index (χ1n) is 6.73. The minimum Gasteiger partial charge on any atom is -0.325 e. The van der Waals surface area contributed by atoms with Gasteiger partial charge >= 0.3 is 6.03 Å². The topological polar surface area (TPSA) is 32.3 Å². The maximum atomic E-state index is 12.0. The molecule has 2 rings (SSSR count). The lowest BCUT2D eigenvalue weighted by Gasteiger charge is -2.19. The van der Waals surface area contributed by atoms with Crippen LogP contribution in [0.2, 0.25) is 0 Å². The SMILES string of the molecule is O=C(N/C=C/c1ccc(Br)cc1)N1CCCCCC1. The minimum absolute atomic E-state index is 0.00950. The van der Waals surface area contributed by atoms with E-state index in [0.29, 0.717) is 0 Å². The van der Waals surface area contributed by atoms with Crippen molar-refractivity contribution in [1.29, 1.82) is 0 Å². The summed E-state index contributed by atoms with van der Waals surface area (Å²) in [4.78, 5) is 13.9. The van der Waals surface area contributed by atoms with Crippen molar-refractivity contribution in [2.24, 2.45) is 0 Å². The average Bonchev–Trinajstić information content (AvgIpc) is 2.70. The summed E-state index contributed by atoms with van der Waals surface area (Å²) in [5.74, 6) is 0. The van der Waals surface area contributed by atoms with E-state index in [1.165, 1.54) is 12.8 Å². The van der Waals surface area contributed by atoms with Gasteiger partial charge in [0.25, 0.3) is 0 Å². The van der Waals surface area contributed by atoms with E-state index in [0.717, 1.165) is 36.0 Å². The molecule has 1 aliphatic heterocycles. The molecule has 1 N–H and O–H groups in total. The van der Waals surface area contributed by atoms with Gasteiger partial charge < -0.3 is 10.2 Å². The van der Waals surface area contributed by atoms with Crippen LogP contribution in [0.4, 0.5) is 4.79 Å². The van der Waals surface area contributed by atoms with Gasteiger partial charge in [-0.05, 0) is 36.6 Å². The van der Waals surface area contributed by atoms with Crippen molar-refractivity contribution in [3.8, 4) is 0 Å². The Bertz CT molecular complexity index is 434. The zero-order chi connectivity index (χ0) is 13.5.